The minimum atomic E-state index is -1.30. The summed E-state index contributed by atoms with van der Waals surface area (Å²) in [5, 5.41) is 18.7. The summed E-state index contributed by atoms with van der Waals surface area (Å²) in [6, 6.07) is 2.65. The van der Waals surface area contributed by atoms with Gasteiger partial charge in [-0.25, -0.2) is 9.59 Å². The van der Waals surface area contributed by atoms with Crippen molar-refractivity contribution >= 4 is 17.5 Å². The Morgan fingerprint density at radius 2 is 1.71 bits per heavy atom. The van der Waals surface area contributed by atoms with E-state index in [2.05, 4.69) is 0 Å². The largest absolute Gasteiger partial charge is 0.502 e. The molecule has 7 nitrogen and oxygen atoms in total. The van der Waals surface area contributed by atoms with Crippen molar-refractivity contribution < 1.29 is 34.0 Å². The molecule has 0 bridgehead atoms. The number of carbonyl (C=O) groups excluding carboxylic acids is 1. The molecule has 1 aromatic rings. The predicted molar refractivity (Wildman–Crippen MR) is 73.5 cm³/mol. The van der Waals surface area contributed by atoms with Crippen LogP contribution < -0.4 is 9.47 Å². The SMILES string of the molecule is CCOC(=O)C(=CC(=O)O)c1cc(OC)c(O)c(OC)c1. The van der Waals surface area contributed by atoms with E-state index in [0.29, 0.717) is 0 Å². The molecule has 0 spiro atoms. The lowest BCUT2D eigenvalue weighted by Gasteiger charge is -2.12. The van der Waals surface area contributed by atoms with Crippen LogP contribution in [0.5, 0.6) is 17.2 Å². The molecule has 21 heavy (non-hydrogen) atoms. The Bertz CT molecular complexity index is 550. The van der Waals surface area contributed by atoms with Crippen LogP contribution in [0.1, 0.15) is 12.5 Å². The van der Waals surface area contributed by atoms with Gasteiger partial charge in [-0.15, -0.1) is 0 Å². The highest BCUT2D eigenvalue weighted by Gasteiger charge is 2.20. The molecule has 0 atom stereocenters. The van der Waals surface area contributed by atoms with E-state index in [-0.39, 0.29) is 35.0 Å². The van der Waals surface area contributed by atoms with Crippen LogP contribution in [0.15, 0.2) is 18.2 Å². The number of carboxylic acids is 1. The van der Waals surface area contributed by atoms with E-state index in [9.17, 15) is 14.7 Å². The van der Waals surface area contributed by atoms with Crippen molar-refractivity contribution in [3.05, 3.63) is 23.8 Å². The van der Waals surface area contributed by atoms with Gasteiger partial charge in [0.1, 0.15) is 0 Å². The first-order valence-corrected chi connectivity index (χ1v) is 6.01. The molecular formula is C14H16O7. The van der Waals surface area contributed by atoms with Crippen LogP contribution in [0.4, 0.5) is 0 Å². The normalized spacial score (nSPS) is 10.9. The number of phenols is 1. The van der Waals surface area contributed by atoms with Gasteiger partial charge in [-0.1, -0.05) is 0 Å². The van der Waals surface area contributed by atoms with Crippen LogP contribution in [-0.2, 0) is 14.3 Å². The summed E-state index contributed by atoms with van der Waals surface area (Å²) >= 11 is 0. The van der Waals surface area contributed by atoms with E-state index in [1.807, 2.05) is 0 Å². The molecule has 1 aromatic carbocycles. The Hall–Kier alpha value is -2.70. The highest BCUT2D eigenvalue weighted by molar-refractivity contribution is 6.20. The minimum Gasteiger partial charge on any atom is -0.502 e. The first kappa shape index (κ1) is 16.4. The number of aliphatic carboxylic acids is 1. The van der Waals surface area contributed by atoms with Gasteiger partial charge >= 0.3 is 11.9 Å². The smallest absolute Gasteiger partial charge is 0.338 e. The van der Waals surface area contributed by atoms with Gasteiger partial charge in [0.05, 0.1) is 26.4 Å². The number of rotatable bonds is 6. The molecular weight excluding hydrogens is 280 g/mol. The lowest BCUT2D eigenvalue weighted by atomic mass is 10.0. The highest BCUT2D eigenvalue weighted by atomic mass is 16.5. The number of benzene rings is 1. The van der Waals surface area contributed by atoms with E-state index in [4.69, 9.17) is 19.3 Å². The average molecular weight is 296 g/mol. The van der Waals surface area contributed by atoms with E-state index in [1.54, 1.807) is 6.92 Å². The van der Waals surface area contributed by atoms with Gasteiger partial charge in [-0.2, -0.15) is 0 Å². The zero-order valence-corrected chi connectivity index (χ0v) is 11.9. The Balaban J connectivity index is 3.44. The summed E-state index contributed by atoms with van der Waals surface area (Å²) in [5.41, 5.74) is 0.0169. The van der Waals surface area contributed by atoms with Gasteiger partial charge in [0.2, 0.25) is 5.75 Å². The van der Waals surface area contributed by atoms with Crippen LogP contribution in [0.3, 0.4) is 0 Å². The average Bonchev–Trinajstić information content (AvgIpc) is 2.45. The van der Waals surface area contributed by atoms with Crippen LogP contribution in [0.25, 0.3) is 5.57 Å². The third-order valence-corrected chi connectivity index (χ3v) is 2.55. The first-order chi connectivity index (χ1) is 9.94. The lowest BCUT2D eigenvalue weighted by molar-refractivity contribution is -0.137. The second-order valence-corrected chi connectivity index (χ2v) is 3.85. The zero-order valence-electron chi connectivity index (χ0n) is 11.9. The number of phenolic OH excluding ortho intramolecular Hbond substituents is 1. The number of carboxylic acid groups (broad SMARTS) is 1. The van der Waals surface area contributed by atoms with Crippen molar-refractivity contribution in [2.75, 3.05) is 20.8 Å². The van der Waals surface area contributed by atoms with Crippen LogP contribution >= 0.6 is 0 Å². The molecule has 0 radical (unpaired) electrons. The summed E-state index contributed by atoms with van der Waals surface area (Å²) in [4.78, 5) is 22.7. The number of hydrogen-bond donors (Lipinski definition) is 2. The number of aromatic hydroxyl groups is 1. The molecule has 0 aliphatic heterocycles. The number of methoxy groups -OCH3 is 2. The summed E-state index contributed by atoms with van der Waals surface area (Å²) in [6.45, 7) is 1.70. The second-order valence-electron chi connectivity index (χ2n) is 3.85. The van der Waals surface area contributed by atoms with Crippen LogP contribution in [0.2, 0.25) is 0 Å². The molecule has 0 aliphatic carbocycles. The van der Waals surface area contributed by atoms with Crippen molar-refractivity contribution in [3.63, 3.8) is 0 Å². The Labute approximate surface area is 121 Å². The fourth-order valence-corrected chi connectivity index (χ4v) is 1.64. The van der Waals surface area contributed by atoms with E-state index >= 15 is 0 Å². The van der Waals surface area contributed by atoms with Gasteiger partial charge in [0.15, 0.2) is 11.5 Å². The maximum Gasteiger partial charge on any atom is 0.338 e. The molecule has 114 valence electrons. The third-order valence-electron chi connectivity index (χ3n) is 2.55. The molecule has 0 heterocycles. The standard InChI is InChI=1S/C14H16O7/c1-4-21-14(18)9(7-12(15)16)8-5-10(19-2)13(17)11(6-8)20-3/h5-7,17H,4H2,1-3H3,(H,15,16). The van der Waals surface area contributed by atoms with E-state index in [1.165, 1.54) is 26.4 Å². The molecule has 0 saturated carbocycles. The second kappa shape index (κ2) is 7.18. The van der Waals surface area contributed by atoms with Gasteiger partial charge in [0, 0.05) is 6.08 Å². The minimum absolute atomic E-state index is 0.0462. The number of hydrogen-bond acceptors (Lipinski definition) is 6. The Morgan fingerprint density at radius 1 is 1.19 bits per heavy atom. The lowest BCUT2D eigenvalue weighted by Crippen LogP contribution is -2.09. The molecule has 0 saturated heterocycles. The summed E-state index contributed by atoms with van der Waals surface area (Å²) in [7, 11) is 2.65. The van der Waals surface area contributed by atoms with Crippen molar-refractivity contribution in [1.82, 2.24) is 0 Å². The van der Waals surface area contributed by atoms with Gasteiger partial charge in [0.25, 0.3) is 0 Å². The fourth-order valence-electron chi connectivity index (χ4n) is 1.64. The van der Waals surface area contributed by atoms with Crippen LogP contribution in [-0.4, -0.2) is 43.0 Å². The van der Waals surface area contributed by atoms with Crippen molar-refractivity contribution in [3.8, 4) is 17.2 Å². The molecule has 0 fully saturated rings. The molecule has 0 amide bonds. The van der Waals surface area contributed by atoms with Crippen molar-refractivity contribution in [2.24, 2.45) is 0 Å². The van der Waals surface area contributed by atoms with Crippen molar-refractivity contribution in [1.29, 1.82) is 0 Å². The maximum atomic E-state index is 11.9. The van der Waals surface area contributed by atoms with E-state index in [0.717, 1.165) is 6.08 Å². The highest BCUT2D eigenvalue weighted by Crippen LogP contribution is 2.39. The number of carbonyl (C=O) groups is 2. The molecule has 0 aromatic heterocycles. The Morgan fingerprint density at radius 3 is 2.10 bits per heavy atom. The monoisotopic (exact) mass is 296 g/mol. The van der Waals surface area contributed by atoms with Gasteiger partial charge < -0.3 is 24.4 Å². The van der Waals surface area contributed by atoms with Gasteiger partial charge in [-0.3, -0.25) is 0 Å². The summed E-state index contributed by atoms with van der Waals surface area (Å²) in [5.74, 6) is -2.25. The summed E-state index contributed by atoms with van der Waals surface area (Å²) < 4.78 is 14.8. The summed E-state index contributed by atoms with van der Waals surface area (Å²) in [6.07, 6.45) is 0.725. The maximum absolute atomic E-state index is 11.9. The first-order valence-electron chi connectivity index (χ1n) is 6.01. The number of ether oxygens (including phenoxy) is 3. The quantitative estimate of drug-likeness (QED) is 0.605. The Kier molecular flexibility index (Phi) is 5.59. The van der Waals surface area contributed by atoms with Crippen LogP contribution in [0, 0.1) is 0 Å². The molecule has 2 N–H and O–H groups in total. The molecule has 0 unspecified atom stereocenters. The zero-order chi connectivity index (χ0) is 16.0. The molecule has 0 aliphatic rings. The number of esters is 1. The van der Waals surface area contributed by atoms with Gasteiger partial charge in [-0.05, 0) is 24.6 Å². The third kappa shape index (κ3) is 3.88. The van der Waals surface area contributed by atoms with Crippen molar-refractivity contribution in [2.45, 2.75) is 6.92 Å². The topological polar surface area (TPSA) is 102 Å². The molecule has 7 heteroatoms. The predicted octanol–water partition coefficient (Wildman–Crippen LogP) is 1.44. The van der Waals surface area contributed by atoms with E-state index < -0.39 is 11.9 Å². The fraction of sp³-hybridized carbons (Fsp3) is 0.286. The molecule has 1 rings (SSSR count).